The number of aromatic amines is 1. The van der Waals surface area contributed by atoms with E-state index in [1.165, 1.54) is 0 Å². The number of aryl methyl sites for hydroxylation is 1. The Kier molecular flexibility index (Phi) is 2.72. The van der Waals surface area contributed by atoms with E-state index in [4.69, 9.17) is 4.74 Å². The predicted molar refractivity (Wildman–Crippen MR) is 61.6 cm³/mol. The molecular formula is C12H12N2O2. The van der Waals surface area contributed by atoms with Gasteiger partial charge in [-0.05, 0) is 30.2 Å². The van der Waals surface area contributed by atoms with Crippen molar-refractivity contribution in [3.05, 3.63) is 46.6 Å². The zero-order chi connectivity index (χ0) is 11.5. The summed E-state index contributed by atoms with van der Waals surface area (Å²) in [6, 6.07) is 5.82. The Bertz CT molecular complexity index is 541. The van der Waals surface area contributed by atoms with Crippen molar-refractivity contribution in [2.24, 2.45) is 0 Å². The van der Waals surface area contributed by atoms with E-state index < -0.39 is 0 Å². The van der Waals surface area contributed by atoms with Crippen LogP contribution in [0.1, 0.15) is 5.56 Å². The average Bonchev–Trinajstić information content (AvgIpc) is 2.30. The predicted octanol–water partition coefficient (Wildman–Crippen LogP) is 1.75. The minimum Gasteiger partial charge on any atom is -0.496 e. The van der Waals surface area contributed by atoms with Crippen LogP contribution in [0.15, 0.2) is 35.4 Å². The van der Waals surface area contributed by atoms with Crippen molar-refractivity contribution in [1.82, 2.24) is 9.97 Å². The van der Waals surface area contributed by atoms with E-state index in [0.29, 0.717) is 0 Å². The molecule has 0 saturated heterocycles. The van der Waals surface area contributed by atoms with Gasteiger partial charge in [0.2, 0.25) is 0 Å². The van der Waals surface area contributed by atoms with Crippen LogP contribution in [0.2, 0.25) is 0 Å². The van der Waals surface area contributed by atoms with Crippen molar-refractivity contribution < 1.29 is 4.74 Å². The Morgan fingerprint density at radius 3 is 2.69 bits per heavy atom. The summed E-state index contributed by atoms with van der Waals surface area (Å²) in [5.74, 6) is 0.848. The maximum Gasteiger partial charge on any atom is 0.344 e. The fraction of sp³-hybridized carbons (Fsp3) is 0.167. The van der Waals surface area contributed by atoms with Crippen molar-refractivity contribution in [2.45, 2.75) is 6.92 Å². The number of methoxy groups -OCH3 is 1. The fourth-order valence-electron chi connectivity index (χ4n) is 1.56. The van der Waals surface area contributed by atoms with Gasteiger partial charge in [-0.1, -0.05) is 6.07 Å². The van der Waals surface area contributed by atoms with E-state index >= 15 is 0 Å². The van der Waals surface area contributed by atoms with Crippen LogP contribution in [0.4, 0.5) is 0 Å². The molecule has 4 heteroatoms. The largest absolute Gasteiger partial charge is 0.496 e. The van der Waals surface area contributed by atoms with Gasteiger partial charge in [-0.15, -0.1) is 0 Å². The molecule has 0 spiro atoms. The van der Waals surface area contributed by atoms with Crippen LogP contribution in [0, 0.1) is 6.92 Å². The van der Waals surface area contributed by atoms with Gasteiger partial charge in [0, 0.05) is 18.0 Å². The summed E-state index contributed by atoms with van der Waals surface area (Å²) >= 11 is 0. The molecule has 0 atom stereocenters. The molecule has 0 radical (unpaired) electrons. The van der Waals surface area contributed by atoms with E-state index in [1.807, 2.05) is 25.1 Å². The summed E-state index contributed by atoms with van der Waals surface area (Å²) in [6.45, 7) is 1.97. The van der Waals surface area contributed by atoms with E-state index in [2.05, 4.69) is 9.97 Å². The molecule has 1 aromatic heterocycles. The SMILES string of the molecule is COc1ccc(-c2cnc(=O)[nH]c2)cc1C. The normalized spacial score (nSPS) is 10.1. The number of hydrogen-bond donors (Lipinski definition) is 1. The molecule has 0 aliphatic rings. The molecule has 0 aliphatic heterocycles. The lowest BCUT2D eigenvalue weighted by Crippen LogP contribution is -2.07. The van der Waals surface area contributed by atoms with Gasteiger partial charge in [-0.3, -0.25) is 0 Å². The molecule has 0 saturated carbocycles. The van der Waals surface area contributed by atoms with E-state index in [9.17, 15) is 4.79 Å². The van der Waals surface area contributed by atoms with Crippen molar-refractivity contribution in [3.8, 4) is 16.9 Å². The van der Waals surface area contributed by atoms with Gasteiger partial charge < -0.3 is 9.72 Å². The second kappa shape index (κ2) is 4.18. The maximum absolute atomic E-state index is 10.8. The molecule has 0 aliphatic carbocycles. The van der Waals surface area contributed by atoms with E-state index in [0.717, 1.165) is 22.4 Å². The van der Waals surface area contributed by atoms with Crippen molar-refractivity contribution in [1.29, 1.82) is 0 Å². The highest BCUT2D eigenvalue weighted by atomic mass is 16.5. The Morgan fingerprint density at radius 1 is 1.31 bits per heavy atom. The smallest absolute Gasteiger partial charge is 0.344 e. The molecule has 82 valence electrons. The van der Waals surface area contributed by atoms with Gasteiger partial charge in [0.1, 0.15) is 5.75 Å². The van der Waals surface area contributed by atoms with Gasteiger partial charge in [-0.2, -0.15) is 0 Å². The average molecular weight is 216 g/mol. The first-order valence-corrected chi connectivity index (χ1v) is 4.90. The van der Waals surface area contributed by atoms with Crippen LogP contribution in [0.3, 0.4) is 0 Å². The third kappa shape index (κ3) is 1.95. The Hall–Kier alpha value is -2.10. The molecule has 1 N–H and O–H groups in total. The highest BCUT2D eigenvalue weighted by molar-refractivity contribution is 5.63. The first kappa shape index (κ1) is 10.4. The Labute approximate surface area is 92.9 Å². The molecule has 1 heterocycles. The van der Waals surface area contributed by atoms with Crippen LogP contribution >= 0.6 is 0 Å². The molecule has 2 rings (SSSR count). The number of hydrogen-bond acceptors (Lipinski definition) is 3. The molecule has 0 unspecified atom stereocenters. The van der Waals surface area contributed by atoms with E-state index in [-0.39, 0.29) is 5.69 Å². The Morgan fingerprint density at radius 2 is 2.12 bits per heavy atom. The third-order valence-electron chi connectivity index (χ3n) is 2.40. The monoisotopic (exact) mass is 216 g/mol. The van der Waals surface area contributed by atoms with Crippen LogP contribution < -0.4 is 10.4 Å². The molecule has 1 aromatic carbocycles. The van der Waals surface area contributed by atoms with Gasteiger partial charge in [0.05, 0.1) is 7.11 Å². The zero-order valence-electron chi connectivity index (χ0n) is 9.15. The zero-order valence-corrected chi connectivity index (χ0v) is 9.15. The number of nitrogens with zero attached hydrogens (tertiary/aromatic N) is 1. The lowest BCUT2D eigenvalue weighted by molar-refractivity contribution is 0.412. The molecule has 0 bridgehead atoms. The van der Waals surface area contributed by atoms with Gasteiger partial charge in [0.25, 0.3) is 0 Å². The third-order valence-corrected chi connectivity index (χ3v) is 2.40. The number of aromatic nitrogens is 2. The lowest BCUT2D eigenvalue weighted by Gasteiger charge is -2.06. The minimum absolute atomic E-state index is 0.339. The number of benzene rings is 1. The van der Waals surface area contributed by atoms with Crippen molar-refractivity contribution >= 4 is 0 Å². The van der Waals surface area contributed by atoms with Gasteiger partial charge in [0.15, 0.2) is 0 Å². The maximum atomic E-state index is 10.8. The van der Waals surface area contributed by atoms with Gasteiger partial charge in [-0.25, -0.2) is 9.78 Å². The summed E-state index contributed by atoms with van der Waals surface area (Å²) in [6.07, 6.45) is 3.21. The molecule has 16 heavy (non-hydrogen) atoms. The number of nitrogens with one attached hydrogen (secondary N) is 1. The lowest BCUT2D eigenvalue weighted by atomic mass is 10.1. The van der Waals surface area contributed by atoms with Crippen LogP contribution in [-0.2, 0) is 0 Å². The van der Waals surface area contributed by atoms with Crippen LogP contribution in [0.25, 0.3) is 11.1 Å². The fourth-order valence-corrected chi connectivity index (χ4v) is 1.56. The van der Waals surface area contributed by atoms with Gasteiger partial charge >= 0.3 is 5.69 Å². The Balaban J connectivity index is 2.45. The second-order valence-electron chi connectivity index (χ2n) is 3.49. The standard InChI is InChI=1S/C12H12N2O2/c1-8-5-9(3-4-11(8)16-2)10-6-13-12(15)14-7-10/h3-7H,1-2H3,(H,13,14,15). The summed E-state index contributed by atoms with van der Waals surface area (Å²) in [5, 5.41) is 0. The highest BCUT2D eigenvalue weighted by Gasteiger charge is 2.02. The molecule has 2 aromatic rings. The molecule has 0 fully saturated rings. The first-order valence-electron chi connectivity index (χ1n) is 4.90. The first-order chi connectivity index (χ1) is 7.70. The number of rotatable bonds is 2. The highest BCUT2D eigenvalue weighted by Crippen LogP contribution is 2.24. The number of H-pyrrole nitrogens is 1. The van der Waals surface area contributed by atoms with Crippen LogP contribution in [-0.4, -0.2) is 17.1 Å². The summed E-state index contributed by atoms with van der Waals surface area (Å²) in [5.41, 5.74) is 2.59. The summed E-state index contributed by atoms with van der Waals surface area (Å²) in [4.78, 5) is 17.1. The molecule has 0 amide bonds. The minimum atomic E-state index is -0.339. The summed E-state index contributed by atoms with van der Waals surface area (Å²) < 4.78 is 5.18. The summed E-state index contributed by atoms with van der Waals surface area (Å²) in [7, 11) is 1.64. The van der Waals surface area contributed by atoms with Crippen LogP contribution in [0.5, 0.6) is 5.75 Å². The number of ether oxygens (including phenoxy) is 1. The quantitative estimate of drug-likeness (QED) is 0.832. The molecular weight excluding hydrogens is 204 g/mol. The second-order valence-corrected chi connectivity index (χ2v) is 3.49. The molecule has 4 nitrogen and oxygen atoms in total. The van der Waals surface area contributed by atoms with Crippen molar-refractivity contribution in [3.63, 3.8) is 0 Å². The van der Waals surface area contributed by atoms with Crippen molar-refractivity contribution in [2.75, 3.05) is 7.11 Å². The van der Waals surface area contributed by atoms with E-state index in [1.54, 1.807) is 19.5 Å². The topological polar surface area (TPSA) is 55.0 Å².